The van der Waals surface area contributed by atoms with E-state index in [2.05, 4.69) is 4.98 Å². The molecule has 0 spiro atoms. The lowest BCUT2D eigenvalue weighted by molar-refractivity contribution is -0.153. The largest absolute Gasteiger partial charge is 0.484 e. The van der Waals surface area contributed by atoms with Gasteiger partial charge in [0.15, 0.2) is 6.61 Å². The number of carbonyl (C=O) groups excluding carboxylic acids is 2. The molecule has 1 aromatic carbocycles. The Kier molecular flexibility index (Phi) is 5.58. The molecule has 2 aliphatic rings. The van der Waals surface area contributed by atoms with Gasteiger partial charge in [0.2, 0.25) is 5.91 Å². The minimum absolute atomic E-state index is 0.0153. The van der Waals surface area contributed by atoms with Gasteiger partial charge in [-0.05, 0) is 37.1 Å². The zero-order valence-corrected chi connectivity index (χ0v) is 17.5. The van der Waals surface area contributed by atoms with Crippen molar-refractivity contribution in [1.29, 1.82) is 0 Å². The molecular weight excluding hydrogens is 427 g/mol. The summed E-state index contributed by atoms with van der Waals surface area (Å²) < 4.78 is 42.2. The number of rotatable bonds is 5. The molecule has 0 saturated carbocycles. The van der Waals surface area contributed by atoms with E-state index in [1.54, 1.807) is 30.0 Å². The number of halogens is 3. The van der Waals surface area contributed by atoms with Crippen LogP contribution in [0.25, 0.3) is 0 Å². The number of aliphatic hydroxyl groups is 1. The number of aromatic nitrogens is 1. The maximum Gasteiger partial charge on any atom is 0.422 e. The molecule has 2 amide bonds. The Morgan fingerprint density at radius 1 is 1.28 bits per heavy atom. The SMILES string of the molecule is Cc1cc(C(C)N2Cc3c(ccnc3N3C[C@@H](O)CC3=O)C2=O)ccc1OCC(F)(F)F. The standard InChI is InChI=1S/C22H22F3N3O4/c1-12-7-14(3-4-18(12)32-11-22(23,24)25)13(2)27-10-17-16(21(27)31)5-6-26-20(17)28-9-15(29)8-19(28)30/h3-7,13,15,29H,8-11H2,1-2H3/t13?,15-/m0/s1. The second kappa shape index (κ2) is 8.09. The number of amides is 2. The van der Waals surface area contributed by atoms with Gasteiger partial charge in [-0.1, -0.05) is 12.1 Å². The molecular formula is C22H22F3N3O4. The molecule has 4 rings (SSSR count). The summed E-state index contributed by atoms with van der Waals surface area (Å²) in [5.74, 6) is 0.0342. The average molecular weight is 449 g/mol. The molecule has 0 bridgehead atoms. The number of carbonyl (C=O) groups is 2. The van der Waals surface area contributed by atoms with Crippen molar-refractivity contribution >= 4 is 17.6 Å². The first kappa shape index (κ1) is 22.1. The van der Waals surface area contributed by atoms with Crippen molar-refractivity contribution in [2.24, 2.45) is 0 Å². The molecule has 2 aromatic rings. The highest BCUT2D eigenvalue weighted by Gasteiger charge is 2.38. The third-order valence-electron chi connectivity index (χ3n) is 5.75. The van der Waals surface area contributed by atoms with Crippen molar-refractivity contribution in [3.8, 4) is 5.75 Å². The molecule has 2 atom stereocenters. The molecule has 32 heavy (non-hydrogen) atoms. The van der Waals surface area contributed by atoms with Gasteiger partial charge in [0.25, 0.3) is 5.91 Å². The number of pyridine rings is 1. The van der Waals surface area contributed by atoms with Gasteiger partial charge in [0.05, 0.1) is 31.7 Å². The predicted molar refractivity (Wildman–Crippen MR) is 108 cm³/mol. The zero-order valence-electron chi connectivity index (χ0n) is 17.5. The molecule has 1 unspecified atom stereocenters. The van der Waals surface area contributed by atoms with Crippen LogP contribution in [0.2, 0.25) is 0 Å². The van der Waals surface area contributed by atoms with Crippen LogP contribution >= 0.6 is 0 Å². The van der Waals surface area contributed by atoms with Gasteiger partial charge in [-0.3, -0.25) is 14.5 Å². The summed E-state index contributed by atoms with van der Waals surface area (Å²) in [6.07, 6.45) is -3.71. The van der Waals surface area contributed by atoms with E-state index in [1.165, 1.54) is 17.2 Å². The number of nitrogens with zero attached hydrogens (tertiary/aromatic N) is 3. The van der Waals surface area contributed by atoms with Crippen molar-refractivity contribution < 1.29 is 32.6 Å². The highest BCUT2D eigenvalue weighted by molar-refractivity contribution is 6.02. The quantitative estimate of drug-likeness (QED) is 0.759. The van der Waals surface area contributed by atoms with Crippen LogP contribution in [0.15, 0.2) is 30.5 Å². The number of alkyl halides is 3. The Balaban J connectivity index is 1.56. The van der Waals surface area contributed by atoms with Gasteiger partial charge in [0, 0.05) is 17.3 Å². The molecule has 0 radical (unpaired) electrons. The third-order valence-corrected chi connectivity index (χ3v) is 5.75. The fourth-order valence-electron chi connectivity index (χ4n) is 4.11. The number of aliphatic hydroxyl groups excluding tert-OH is 1. The summed E-state index contributed by atoms with van der Waals surface area (Å²) in [5, 5.41) is 9.81. The zero-order chi connectivity index (χ0) is 23.2. The number of anilines is 1. The van der Waals surface area contributed by atoms with Crippen LogP contribution in [0.5, 0.6) is 5.75 Å². The molecule has 170 valence electrons. The number of hydrogen-bond donors (Lipinski definition) is 1. The lowest BCUT2D eigenvalue weighted by Gasteiger charge is -2.26. The van der Waals surface area contributed by atoms with E-state index in [0.717, 1.165) is 5.56 Å². The van der Waals surface area contributed by atoms with E-state index < -0.39 is 18.9 Å². The lowest BCUT2D eigenvalue weighted by atomic mass is 10.0. The van der Waals surface area contributed by atoms with Gasteiger partial charge < -0.3 is 14.7 Å². The minimum Gasteiger partial charge on any atom is -0.484 e. The normalized spacial score (nSPS) is 19.5. The molecule has 1 aromatic heterocycles. The number of hydrogen-bond acceptors (Lipinski definition) is 5. The maximum atomic E-state index is 13.1. The molecule has 7 nitrogen and oxygen atoms in total. The van der Waals surface area contributed by atoms with Crippen LogP contribution in [-0.4, -0.2) is 52.2 Å². The minimum atomic E-state index is -4.43. The van der Waals surface area contributed by atoms with Crippen LogP contribution in [0, 0.1) is 6.92 Å². The topological polar surface area (TPSA) is 83.0 Å². The van der Waals surface area contributed by atoms with E-state index >= 15 is 0 Å². The summed E-state index contributed by atoms with van der Waals surface area (Å²) in [6.45, 7) is 2.46. The molecule has 0 aliphatic carbocycles. The Bertz CT molecular complexity index is 1070. The molecule has 3 heterocycles. The van der Waals surface area contributed by atoms with Crippen molar-refractivity contribution in [2.75, 3.05) is 18.1 Å². The van der Waals surface area contributed by atoms with E-state index in [0.29, 0.717) is 22.5 Å². The Morgan fingerprint density at radius 2 is 2.03 bits per heavy atom. The van der Waals surface area contributed by atoms with E-state index in [1.807, 2.05) is 6.92 Å². The second-order valence-corrected chi connectivity index (χ2v) is 8.06. The predicted octanol–water partition coefficient (Wildman–Crippen LogP) is 3.15. The Hall–Kier alpha value is -3.14. The number of benzene rings is 1. The molecule has 1 saturated heterocycles. The van der Waals surface area contributed by atoms with Crippen molar-refractivity contribution in [3.63, 3.8) is 0 Å². The van der Waals surface area contributed by atoms with Crippen LogP contribution in [0.4, 0.5) is 19.0 Å². The lowest BCUT2D eigenvalue weighted by Crippen LogP contribution is -2.28. The fraction of sp³-hybridized carbons (Fsp3) is 0.409. The average Bonchev–Trinajstić information content (AvgIpc) is 3.24. The van der Waals surface area contributed by atoms with Crippen LogP contribution in [0.1, 0.15) is 46.4 Å². The highest BCUT2D eigenvalue weighted by atomic mass is 19.4. The summed E-state index contributed by atoms with van der Waals surface area (Å²) in [6, 6.07) is 6.03. The summed E-state index contributed by atoms with van der Waals surface area (Å²) in [7, 11) is 0. The second-order valence-electron chi connectivity index (χ2n) is 8.06. The van der Waals surface area contributed by atoms with Crippen LogP contribution < -0.4 is 9.64 Å². The smallest absolute Gasteiger partial charge is 0.422 e. The van der Waals surface area contributed by atoms with Crippen molar-refractivity contribution in [3.05, 3.63) is 52.7 Å². The molecule has 1 N–H and O–H groups in total. The van der Waals surface area contributed by atoms with E-state index in [-0.39, 0.29) is 43.1 Å². The van der Waals surface area contributed by atoms with Gasteiger partial charge in [-0.15, -0.1) is 0 Å². The van der Waals surface area contributed by atoms with Gasteiger partial charge in [0.1, 0.15) is 11.6 Å². The van der Waals surface area contributed by atoms with Crippen molar-refractivity contribution in [2.45, 2.75) is 45.1 Å². The molecule has 1 fully saturated rings. The highest BCUT2D eigenvalue weighted by Crippen LogP contribution is 2.37. The Labute approximate surface area is 182 Å². The first-order valence-corrected chi connectivity index (χ1v) is 10.1. The van der Waals surface area contributed by atoms with Crippen LogP contribution in [-0.2, 0) is 11.3 Å². The number of ether oxygens (including phenoxy) is 1. The van der Waals surface area contributed by atoms with Crippen molar-refractivity contribution in [1.82, 2.24) is 9.88 Å². The summed E-state index contributed by atoms with van der Waals surface area (Å²) >= 11 is 0. The molecule has 10 heteroatoms. The number of β-amino-alcohol motifs (C(OH)–C–C–N with tert-alkyl or cyclic N) is 1. The number of aryl methyl sites for hydroxylation is 1. The first-order chi connectivity index (χ1) is 15.0. The maximum absolute atomic E-state index is 13.1. The summed E-state index contributed by atoms with van der Waals surface area (Å²) in [4.78, 5) is 32.6. The summed E-state index contributed by atoms with van der Waals surface area (Å²) in [5.41, 5.74) is 2.33. The van der Waals surface area contributed by atoms with E-state index in [9.17, 15) is 27.9 Å². The van der Waals surface area contributed by atoms with Gasteiger partial charge in [-0.2, -0.15) is 13.2 Å². The first-order valence-electron chi connectivity index (χ1n) is 10.1. The Morgan fingerprint density at radius 3 is 2.66 bits per heavy atom. The third kappa shape index (κ3) is 4.14. The van der Waals surface area contributed by atoms with E-state index in [4.69, 9.17) is 4.74 Å². The monoisotopic (exact) mass is 449 g/mol. The number of fused-ring (bicyclic) bond motifs is 1. The van der Waals surface area contributed by atoms with Gasteiger partial charge in [-0.25, -0.2) is 4.98 Å². The molecule has 2 aliphatic heterocycles. The van der Waals surface area contributed by atoms with Crippen LogP contribution in [0.3, 0.4) is 0 Å². The fourth-order valence-corrected chi connectivity index (χ4v) is 4.11. The van der Waals surface area contributed by atoms with Gasteiger partial charge >= 0.3 is 6.18 Å².